The smallest absolute Gasteiger partial charge is 0.181 e. The molecular formula is C16H18F2O3. The van der Waals surface area contributed by atoms with Gasteiger partial charge in [-0.25, -0.2) is 8.78 Å². The van der Waals surface area contributed by atoms with Gasteiger partial charge in [0.2, 0.25) is 0 Å². The lowest BCUT2D eigenvalue weighted by atomic mass is 10.1. The molecule has 1 fully saturated rings. The third kappa shape index (κ3) is 4.74. The molecular weight excluding hydrogens is 278 g/mol. The summed E-state index contributed by atoms with van der Waals surface area (Å²) in [5.41, 5.74) is 0.556. The van der Waals surface area contributed by atoms with Gasteiger partial charge in [-0.3, -0.25) is 0 Å². The van der Waals surface area contributed by atoms with Crippen LogP contribution in [0.15, 0.2) is 42.5 Å². The molecule has 0 spiro atoms. The number of ether oxygens (including phenoxy) is 3. The fraction of sp³-hybridized carbons (Fsp3) is 0.375. The van der Waals surface area contributed by atoms with Crippen LogP contribution in [0.2, 0.25) is 0 Å². The Bertz CT molecular complexity index is 506. The molecule has 1 aromatic rings. The van der Waals surface area contributed by atoms with Gasteiger partial charge >= 0.3 is 0 Å². The largest absolute Gasteiger partial charge is 0.366 e. The Morgan fingerprint density at radius 1 is 1.19 bits per heavy atom. The number of hydrogen-bond acceptors (Lipinski definition) is 3. The maximum absolute atomic E-state index is 13.2. The summed E-state index contributed by atoms with van der Waals surface area (Å²) in [6.45, 7) is 2.85. The highest BCUT2D eigenvalue weighted by atomic mass is 19.2. The van der Waals surface area contributed by atoms with Crippen LogP contribution >= 0.6 is 0 Å². The standard InChI is InChI=1S/C16H18F2O3/c1-2-3-4-5-8-19-16-11-20-15(10-21-16)12-6-7-13(17)14(18)9-12/h2-7,9,15-16H,8,10-11H2,1H3/b3-2+,5-4+/t15-,16+/m1/s1. The van der Waals surface area contributed by atoms with Gasteiger partial charge in [-0.1, -0.05) is 30.4 Å². The molecule has 0 radical (unpaired) electrons. The molecule has 1 saturated heterocycles. The van der Waals surface area contributed by atoms with Gasteiger partial charge in [0, 0.05) is 0 Å². The molecule has 1 heterocycles. The van der Waals surface area contributed by atoms with E-state index in [9.17, 15) is 8.78 Å². The Morgan fingerprint density at radius 2 is 2.05 bits per heavy atom. The second kappa shape index (κ2) is 8.02. The van der Waals surface area contributed by atoms with E-state index >= 15 is 0 Å². The zero-order valence-corrected chi connectivity index (χ0v) is 11.8. The van der Waals surface area contributed by atoms with Crippen molar-refractivity contribution < 1.29 is 23.0 Å². The molecule has 2 rings (SSSR count). The molecule has 1 aromatic carbocycles. The molecule has 0 amide bonds. The van der Waals surface area contributed by atoms with Gasteiger partial charge in [-0.15, -0.1) is 0 Å². The summed E-state index contributed by atoms with van der Waals surface area (Å²) in [4.78, 5) is 0. The number of benzene rings is 1. The van der Waals surface area contributed by atoms with Crippen LogP contribution in [0.4, 0.5) is 8.78 Å². The van der Waals surface area contributed by atoms with E-state index in [0.717, 1.165) is 12.1 Å². The SMILES string of the molecule is C/C=C/C=C/CO[C@@H]1CO[C@@H](c2ccc(F)c(F)c2)CO1. The lowest BCUT2D eigenvalue weighted by Crippen LogP contribution is -2.33. The summed E-state index contributed by atoms with van der Waals surface area (Å²) in [5, 5.41) is 0. The van der Waals surface area contributed by atoms with E-state index < -0.39 is 24.0 Å². The van der Waals surface area contributed by atoms with Gasteiger partial charge in [-0.05, 0) is 24.6 Å². The highest BCUT2D eigenvalue weighted by Gasteiger charge is 2.24. The molecule has 1 aliphatic rings. The quantitative estimate of drug-likeness (QED) is 0.778. The molecule has 0 aliphatic carbocycles. The van der Waals surface area contributed by atoms with Gasteiger partial charge in [0.15, 0.2) is 17.9 Å². The van der Waals surface area contributed by atoms with Crippen molar-refractivity contribution in [3.8, 4) is 0 Å². The number of hydrogen-bond donors (Lipinski definition) is 0. The Hall–Kier alpha value is -1.56. The van der Waals surface area contributed by atoms with Crippen LogP contribution in [0.3, 0.4) is 0 Å². The minimum atomic E-state index is -0.886. The van der Waals surface area contributed by atoms with E-state index in [1.165, 1.54) is 6.07 Å². The second-order valence-corrected chi connectivity index (χ2v) is 4.55. The fourth-order valence-electron chi connectivity index (χ4n) is 1.90. The zero-order chi connectivity index (χ0) is 15.1. The summed E-state index contributed by atoms with van der Waals surface area (Å²) in [7, 11) is 0. The third-order valence-corrected chi connectivity index (χ3v) is 3.00. The van der Waals surface area contributed by atoms with Crippen molar-refractivity contribution >= 4 is 0 Å². The van der Waals surface area contributed by atoms with E-state index in [1.54, 1.807) is 0 Å². The molecule has 5 heteroatoms. The molecule has 1 aliphatic heterocycles. The normalized spacial score (nSPS) is 23.2. The first-order valence-electron chi connectivity index (χ1n) is 6.78. The third-order valence-electron chi connectivity index (χ3n) is 3.00. The summed E-state index contributed by atoms with van der Waals surface area (Å²) >= 11 is 0. The predicted molar refractivity (Wildman–Crippen MR) is 74.7 cm³/mol. The first kappa shape index (κ1) is 15.8. The summed E-state index contributed by atoms with van der Waals surface area (Å²) in [6.07, 6.45) is 6.72. The van der Waals surface area contributed by atoms with Crippen LogP contribution < -0.4 is 0 Å². The number of halogens is 2. The van der Waals surface area contributed by atoms with Crippen molar-refractivity contribution in [3.05, 3.63) is 59.7 Å². The van der Waals surface area contributed by atoms with Crippen molar-refractivity contribution in [1.82, 2.24) is 0 Å². The van der Waals surface area contributed by atoms with Crippen LogP contribution in [-0.2, 0) is 14.2 Å². The molecule has 0 saturated carbocycles. The first-order chi connectivity index (χ1) is 10.2. The van der Waals surface area contributed by atoms with Crippen LogP contribution in [0, 0.1) is 11.6 Å². The highest BCUT2D eigenvalue weighted by Crippen LogP contribution is 2.24. The predicted octanol–water partition coefficient (Wildman–Crippen LogP) is 3.53. The topological polar surface area (TPSA) is 27.7 Å². The first-order valence-corrected chi connectivity index (χ1v) is 6.78. The van der Waals surface area contributed by atoms with E-state index in [-0.39, 0.29) is 13.2 Å². The Kier molecular flexibility index (Phi) is 6.04. The van der Waals surface area contributed by atoms with Crippen LogP contribution in [0.5, 0.6) is 0 Å². The van der Waals surface area contributed by atoms with Gasteiger partial charge in [0.1, 0.15) is 6.10 Å². The second-order valence-electron chi connectivity index (χ2n) is 4.55. The average molecular weight is 296 g/mol. The monoisotopic (exact) mass is 296 g/mol. The molecule has 114 valence electrons. The fourth-order valence-corrected chi connectivity index (χ4v) is 1.90. The number of allylic oxidation sites excluding steroid dienone is 3. The van der Waals surface area contributed by atoms with Crippen LogP contribution in [-0.4, -0.2) is 26.1 Å². The van der Waals surface area contributed by atoms with Crippen molar-refractivity contribution in [2.24, 2.45) is 0 Å². The zero-order valence-electron chi connectivity index (χ0n) is 11.8. The molecule has 0 aromatic heterocycles. The Balaban J connectivity index is 1.78. The van der Waals surface area contributed by atoms with Gasteiger partial charge in [0.25, 0.3) is 0 Å². The van der Waals surface area contributed by atoms with E-state index in [4.69, 9.17) is 14.2 Å². The highest BCUT2D eigenvalue weighted by molar-refractivity contribution is 5.20. The van der Waals surface area contributed by atoms with Gasteiger partial charge in [0.05, 0.1) is 19.8 Å². The Morgan fingerprint density at radius 3 is 2.71 bits per heavy atom. The molecule has 3 nitrogen and oxygen atoms in total. The Labute approximate surface area is 122 Å². The summed E-state index contributed by atoms with van der Waals surface area (Å²) < 4.78 is 42.6. The lowest BCUT2D eigenvalue weighted by molar-refractivity contribution is -0.232. The molecule has 0 bridgehead atoms. The number of rotatable bonds is 5. The summed E-state index contributed by atoms with van der Waals surface area (Å²) in [5.74, 6) is -1.76. The molecule has 0 N–H and O–H groups in total. The van der Waals surface area contributed by atoms with E-state index in [1.807, 2.05) is 31.2 Å². The average Bonchev–Trinajstić information content (AvgIpc) is 2.50. The maximum atomic E-state index is 13.2. The molecule has 2 atom stereocenters. The van der Waals surface area contributed by atoms with Crippen molar-refractivity contribution in [3.63, 3.8) is 0 Å². The minimum Gasteiger partial charge on any atom is -0.366 e. The van der Waals surface area contributed by atoms with E-state index in [0.29, 0.717) is 12.2 Å². The summed E-state index contributed by atoms with van der Waals surface area (Å²) in [6, 6.07) is 3.71. The molecule has 0 unspecified atom stereocenters. The van der Waals surface area contributed by atoms with Crippen molar-refractivity contribution in [2.45, 2.75) is 19.3 Å². The van der Waals surface area contributed by atoms with Crippen LogP contribution in [0.1, 0.15) is 18.6 Å². The van der Waals surface area contributed by atoms with Crippen molar-refractivity contribution in [2.75, 3.05) is 19.8 Å². The van der Waals surface area contributed by atoms with E-state index in [2.05, 4.69) is 0 Å². The van der Waals surface area contributed by atoms with Crippen molar-refractivity contribution in [1.29, 1.82) is 0 Å². The maximum Gasteiger partial charge on any atom is 0.181 e. The molecule has 21 heavy (non-hydrogen) atoms. The minimum absolute atomic E-state index is 0.244. The van der Waals surface area contributed by atoms with Crippen LogP contribution in [0.25, 0.3) is 0 Å². The van der Waals surface area contributed by atoms with Gasteiger partial charge < -0.3 is 14.2 Å². The van der Waals surface area contributed by atoms with Gasteiger partial charge in [-0.2, -0.15) is 0 Å². The lowest BCUT2D eigenvalue weighted by Gasteiger charge is -2.29.